The Balaban J connectivity index is 0.000000217. The first-order valence-electron chi connectivity index (χ1n) is 2.87. The van der Waals surface area contributed by atoms with E-state index in [1.807, 2.05) is 30.3 Å². The van der Waals surface area contributed by atoms with Gasteiger partial charge >= 0.3 is 0 Å². The van der Waals surface area contributed by atoms with Crippen LogP contribution in [0.5, 0.6) is 0 Å². The maximum absolute atomic E-state index is 8.52. The van der Waals surface area contributed by atoms with Gasteiger partial charge in [-0.3, -0.25) is 8.42 Å². The van der Waals surface area contributed by atoms with Gasteiger partial charge in [-0.05, 0) is 12.1 Å². The van der Waals surface area contributed by atoms with Crippen LogP contribution < -0.4 is 5.73 Å². The molecule has 0 aliphatic heterocycles. The van der Waals surface area contributed by atoms with Crippen molar-refractivity contribution in [2.24, 2.45) is 0 Å². The number of hydrogen-bond acceptors (Lipinski definition) is 5. The lowest BCUT2D eigenvalue weighted by Crippen LogP contribution is -1.91. The monoisotopic (exact) mass is 189 g/mol. The van der Waals surface area contributed by atoms with Crippen LogP contribution in [0.25, 0.3) is 0 Å². The first-order chi connectivity index (χ1) is 5.39. The zero-order chi connectivity index (χ0) is 9.61. The van der Waals surface area contributed by atoms with Gasteiger partial charge in [0.25, 0.3) is 0 Å². The molecule has 0 aliphatic carbocycles. The topological polar surface area (TPSA) is 106 Å². The summed E-state index contributed by atoms with van der Waals surface area (Å²) in [5, 5.41) is 0. The van der Waals surface area contributed by atoms with Crippen molar-refractivity contribution >= 4 is 16.1 Å². The number of nitrogens with two attached hydrogens (primary N) is 1. The van der Waals surface area contributed by atoms with Crippen molar-refractivity contribution < 1.29 is 17.5 Å². The third-order valence-electron chi connectivity index (χ3n) is 0.800. The second kappa shape index (κ2) is 4.70. The van der Waals surface area contributed by atoms with E-state index in [0.29, 0.717) is 0 Å². The van der Waals surface area contributed by atoms with E-state index in [9.17, 15) is 0 Å². The van der Waals surface area contributed by atoms with Gasteiger partial charge in [0.2, 0.25) is 0 Å². The average Bonchev–Trinajstić information content (AvgIpc) is 1.85. The van der Waals surface area contributed by atoms with Crippen LogP contribution in [0.1, 0.15) is 0 Å². The Morgan fingerprint density at radius 2 is 1.42 bits per heavy atom. The summed E-state index contributed by atoms with van der Waals surface area (Å²) < 4.78 is 34.1. The molecule has 0 aliphatic rings. The summed E-state index contributed by atoms with van der Waals surface area (Å²) in [4.78, 5) is 0. The van der Waals surface area contributed by atoms with Crippen LogP contribution in [0.2, 0.25) is 0 Å². The number of hydrogen-bond donors (Lipinski definition) is 1. The molecule has 2 N–H and O–H groups in total. The molecule has 0 radical (unpaired) electrons. The van der Waals surface area contributed by atoms with Gasteiger partial charge in [-0.25, -0.2) is 0 Å². The highest BCUT2D eigenvalue weighted by Gasteiger charge is 1.72. The molecule has 0 heterocycles. The zero-order valence-electron chi connectivity index (χ0n) is 6.01. The molecule has 0 amide bonds. The molecule has 68 valence electrons. The number of anilines is 1. The van der Waals surface area contributed by atoms with Crippen molar-refractivity contribution in [2.45, 2.75) is 0 Å². The second-order valence-corrected chi connectivity index (χ2v) is 2.64. The average molecular weight is 189 g/mol. The van der Waals surface area contributed by atoms with Crippen LogP contribution in [0.4, 0.5) is 5.69 Å². The van der Waals surface area contributed by atoms with Crippen LogP contribution >= 0.6 is 0 Å². The minimum Gasteiger partial charge on any atom is -0.759 e. The predicted molar refractivity (Wildman–Crippen MR) is 41.3 cm³/mol. The number of nitrogen functional groups attached to an aromatic ring is 1. The highest BCUT2D eigenvalue weighted by Crippen LogP contribution is 1.95. The maximum atomic E-state index is 8.52. The fourth-order valence-electron chi connectivity index (χ4n) is 0.453. The van der Waals surface area contributed by atoms with Crippen molar-refractivity contribution in [1.82, 2.24) is 0 Å². The number of rotatable bonds is 0. The summed E-state index contributed by atoms with van der Waals surface area (Å²) in [5.74, 6) is 0. The Bertz CT molecular complexity index is 300. The molecule has 0 bridgehead atoms. The first-order valence-corrected chi connectivity index (χ1v) is 4.20. The fraction of sp³-hybridized carbons (Fsp3) is 0. The quantitative estimate of drug-likeness (QED) is 0.349. The van der Waals surface area contributed by atoms with E-state index < -0.39 is 10.4 Å². The molecular weight excluding hydrogens is 182 g/mol. The molecule has 6 heteroatoms. The summed E-state index contributed by atoms with van der Waals surface area (Å²) in [6, 6.07) is 9.49. The molecule has 1 aromatic carbocycles. The molecular formula is C6H7NO4S-2. The van der Waals surface area contributed by atoms with Gasteiger partial charge in [-0.15, -0.1) is 0 Å². The smallest absolute Gasteiger partial charge is 0.0313 e. The normalized spacial score (nSPS) is 9.83. The largest absolute Gasteiger partial charge is 0.759 e. The van der Waals surface area contributed by atoms with Gasteiger partial charge < -0.3 is 14.8 Å². The maximum Gasteiger partial charge on any atom is 0.0313 e. The van der Waals surface area contributed by atoms with Crippen LogP contribution in [-0.2, 0) is 10.4 Å². The van der Waals surface area contributed by atoms with Gasteiger partial charge in [0.05, 0.1) is 0 Å². The van der Waals surface area contributed by atoms with E-state index in [0.717, 1.165) is 5.69 Å². The molecule has 0 fully saturated rings. The van der Waals surface area contributed by atoms with Crippen LogP contribution in [0, 0.1) is 0 Å². The molecule has 0 atom stereocenters. The predicted octanol–water partition coefficient (Wildman–Crippen LogP) is -0.0692. The lowest BCUT2D eigenvalue weighted by atomic mass is 10.3. The van der Waals surface area contributed by atoms with Crippen molar-refractivity contribution in [1.29, 1.82) is 0 Å². The number of benzene rings is 1. The van der Waals surface area contributed by atoms with Gasteiger partial charge in [0.1, 0.15) is 0 Å². The molecule has 0 saturated carbocycles. The summed E-state index contributed by atoms with van der Waals surface area (Å²) in [6.45, 7) is 0. The van der Waals surface area contributed by atoms with E-state index in [1.165, 1.54) is 0 Å². The van der Waals surface area contributed by atoms with E-state index in [1.54, 1.807) is 0 Å². The summed E-state index contributed by atoms with van der Waals surface area (Å²) in [7, 11) is -5.17. The second-order valence-electron chi connectivity index (χ2n) is 1.82. The van der Waals surface area contributed by atoms with E-state index >= 15 is 0 Å². The summed E-state index contributed by atoms with van der Waals surface area (Å²) in [6.07, 6.45) is 0. The third-order valence-corrected chi connectivity index (χ3v) is 0.800. The third kappa shape index (κ3) is 11.7. The first kappa shape index (κ1) is 10.9. The minimum atomic E-state index is -5.17. The minimum absolute atomic E-state index is 0.822. The Hall–Kier alpha value is -1.11. The van der Waals surface area contributed by atoms with Crippen molar-refractivity contribution in [3.05, 3.63) is 30.3 Å². The molecule has 0 spiro atoms. The lowest BCUT2D eigenvalue weighted by molar-refractivity contribution is 0.352. The Labute approximate surface area is 70.4 Å². The lowest BCUT2D eigenvalue weighted by Gasteiger charge is -2.06. The van der Waals surface area contributed by atoms with Crippen molar-refractivity contribution in [3.63, 3.8) is 0 Å². The summed E-state index contributed by atoms with van der Waals surface area (Å²) in [5.41, 5.74) is 6.18. The molecule has 0 unspecified atom stereocenters. The SMILES string of the molecule is Nc1ccccc1.O=S(=O)([O-])[O-]. The molecule has 0 saturated heterocycles. The van der Waals surface area contributed by atoms with Crippen LogP contribution in [-0.4, -0.2) is 17.5 Å². The van der Waals surface area contributed by atoms with Crippen LogP contribution in [0.3, 0.4) is 0 Å². The Morgan fingerprint density at radius 1 is 1.08 bits per heavy atom. The standard InChI is InChI=1S/C6H7N.H2O4S/c7-6-4-2-1-3-5-6;1-5(2,3)4/h1-5H,7H2;(H2,1,2,3,4)/p-2. The molecule has 0 aromatic heterocycles. The van der Waals surface area contributed by atoms with Crippen molar-refractivity contribution in [3.8, 4) is 0 Å². The van der Waals surface area contributed by atoms with E-state index in [4.69, 9.17) is 23.3 Å². The van der Waals surface area contributed by atoms with Crippen molar-refractivity contribution in [2.75, 3.05) is 5.73 Å². The van der Waals surface area contributed by atoms with Gasteiger partial charge in [0, 0.05) is 16.1 Å². The molecule has 12 heavy (non-hydrogen) atoms. The zero-order valence-corrected chi connectivity index (χ0v) is 6.82. The van der Waals surface area contributed by atoms with Crippen LogP contribution in [0.15, 0.2) is 30.3 Å². The molecule has 1 aromatic rings. The number of para-hydroxylation sites is 1. The van der Waals surface area contributed by atoms with Gasteiger partial charge in [0.15, 0.2) is 0 Å². The highest BCUT2D eigenvalue weighted by atomic mass is 32.3. The molecule has 1 rings (SSSR count). The Kier molecular flexibility index (Phi) is 4.27. The molecule has 5 nitrogen and oxygen atoms in total. The van der Waals surface area contributed by atoms with E-state index in [2.05, 4.69) is 0 Å². The summed E-state index contributed by atoms with van der Waals surface area (Å²) >= 11 is 0. The fourth-order valence-corrected chi connectivity index (χ4v) is 0.453. The van der Waals surface area contributed by atoms with Gasteiger partial charge in [-0.1, -0.05) is 18.2 Å². The van der Waals surface area contributed by atoms with E-state index in [-0.39, 0.29) is 0 Å². The highest BCUT2D eigenvalue weighted by molar-refractivity contribution is 7.79. The van der Waals surface area contributed by atoms with Gasteiger partial charge in [-0.2, -0.15) is 0 Å². The Morgan fingerprint density at radius 3 is 1.58 bits per heavy atom.